The second-order valence-corrected chi connectivity index (χ2v) is 9.70. The van der Waals surface area contributed by atoms with E-state index in [1.807, 2.05) is 25.1 Å². The molecule has 33 heavy (non-hydrogen) atoms. The van der Waals surface area contributed by atoms with Gasteiger partial charge in [0.15, 0.2) is 11.6 Å². The fourth-order valence-electron chi connectivity index (χ4n) is 4.14. The number of rotatable bonds is 5. The van der Waals surface area contributed by atoms with Crippen LogP contribution in [0, 0.1) is 5.82 Å². The molecule has 1 saturated heterocycles. The van der Waals surface area contributed by atoms with Gasteiger partial charge >= 0.3 is 0 Å². The number of piperazine rings is 1. The van der Waals surface area contributed by atoms with Crippen LogP contribution in [0.15, 0.2) is 41.4 Å². The Balaban J connectivity index is 1.39. The van der Waals surface area contributed by atoms with Crippen LogP contribution >= 0.6 is 0 Å². The van der Waals surface area contributed by atoms with Crippen molar-refractivity contribution < 1.29 is 8.60 Å². The van der Waals surface area contributed by atoms with Crippen LogP contribution in [0.3, 0.4) is 0 Å². The number of hydrogen-bond acceptors (Lipinski definition) is 9. The highest BCUT2D eigenvalue weighted by molar-refractivity contribution is 7.85. The SMILES string of the molecule is CN(C)c1nnccc1N1CCN(c2nc3c(c(Nc4cccc(F)c4)n2)S(=O)CC3)CC1. The smallest absolute Gasteiger partial charge is 0.227 e. The number of nitrogens with one attached hydrogen (secondary N) is 1. The highest BCUT2D eigenvalue weighted by atomic mass is 32.2. The first-order valence-electron chi connectivity index (χ1n) is 10.8. The van der Waals surface area contributed by atoms with Crippen molar-refractivity contribution in [2.75, 3.05) is 66.0 Å². The monoisotopic (exact) mass is 468 g/mol. The highest BCUT2D eigenvalue weighted by Crippen LogP contribution is 2.32. The van der Waals surface area contributed by atoms with Gasteiger partial charge in [-0.1, -0.05) is 6.07 Å². The maximum absolute atomic E-state index is 13.7. The molecule has 2 aliphatic rings. The van der Waals surface area contributed by atoms with Gasteiger partial charge in [0.1, 0.15) is 10.7 Å². The molecule has 5 rings (SSSR count). The summed E-state index contributed by atoms with van der Waals surface area (Å²) in [6.07, 6.45) is 2.35. The molecule has 0 aliphatic carbocycles. The van der Waals surface area contributed by atoms with Crippen molar-refractivity contribution in [3.05, 3.63) is 48.0 Å². The second kappa shape index (κ2) is 8.89. The summed E-state index contributed by atoms with van der Waals surface area (Å²) in [6, 6.07) is 8.17. The van der Waals surface area contributed by atoms with Gasteiger partial charge in [0, 0.05) is 58.1 Å². The van der Waals surface area contributed by atoms with Gasteiger partial charge in [-0.25, -0.2) is 9.37 Å². The molecule has 9 nitrogen and oxygen atoms in total. The summed E-state index contributed by atoms with van der Waals surface area (Å²) in [5.41, 5.74) is 2.42. The summed E-state index contributed by atoms with van der Waals surface area (Å²) >= 11 is 0. The summed E-state index contributed by atoms with van der Waals surface area (Å²) in [7, 11) is 2.75. The minimum absolute atomic E-state index is 0.342. The van der Waals surface area contributed by atoms with E-state index in [2.05, 4.69) is 25.3 Å². The molecular weight excluding hydrogens is 443 g/mol. The Bertz CT molecular complexity index is 1200. The molecule has 1 fully saturated rings. The summed E-state index contributed by atoms with van der Waals surface area (Å²) in [6.45, 7) is 3.03. The van der Waals surface area contributed by atoms with Crippen LogP contribution in [0.1, 0.15) is 5.69 Å². The normalized spacial score (nSPS) is 17.7. The van der Waals surface area contributed by atoms with E-state index in [-0.39, 0.29) is 5.82 Å². The Labute approximate surface area is 194 Å². The Kier molecular flexibility index (Phi) is 5.79. The van der Waals surface area contributed by atoms with Gasteiger partial charge in [-0.15, -0.1) is 5.10 Å². The lowest BCUT2D eigenvalue weighted by Gasteiger charge is -2.37. The van der Waals surface area contributed by atoms with Crippen LogP contribution in [0.5, 0.6) is 0 Å². The zero-order chi connectivity index (χ0) is 22.9. The van der Waals surface area contributed by atoms with Gasteiger partial charge in [0.25, 0.3) is 0 Å². The molecule has 11 heteroatoms. The van der Waals surface area contributed by atoms with E-state index in [1.54, 1.807) is 18.3 Å². The maximum Gasteiger partial charge on any atom is 0.227 e. The predicted octanol–water partition coefficient (Wildman–Crippen LogP) is 2.21. The zero-order valence-electron chi connectivity index (χ0n) is 18.5. The first-order valence-corrected chi connectivity index (χ1v) is 12.1. The van der Waals surface area contributed by atoms with E-state index in [0.717, 1.165) is 43.4 Å². The molecule has 0 spiro atoms. The van der Waals surface area contributed by atoms with Crippen LogP contribution in [0.25, 0.3) is 0 Å². The quantitative estimate of drug-likeness (QED) is 0.605. The van der Waals surface area contributed by atoms with Crippen molar-refractivity contribution in [3.8, 4) is 0 Å². The number of halogens is 1. The Hall–Kier alpha value is -3.34. The van der Waals surface area contributed by atoms with Crippen molar-refractivity contribution in [1.82, 2.24) is 20.2 Å². The molecule has 0 radical (unpaired) electrons. The van der Waals surface area contributed by atoms with Crippen LogP contribution in [-0.4, -0.2) is 70.4 Å². The van der Waals surface area contributed by atoms with Crippen molar-refractivity contribution in [2.24, 2.45) is 0 Å². The number of aromatic nitrogens is 4. The first kappa shape index (κ1) is 21.5. The van der Waals surface area contributed by atoms with Crippen molar-refractivity contribution in [1.29, 1.82) is 0 Å². The summed E-state index contributed by atoms with van der Waals surface area (Å²) in [4.78, 5) is 16.5. The molecule has 1 aromatic carbocycles. The van der Waals surface area contributed by atoms with Gasteiger partial charge in [-0.05, 0) is 24.3 Å². The van der Waals surface area contributed by atoms with Crippen molar-refractivity contribution in [2.45, 2.75) is 11.3 Å². The lowest BCUT2D eigenvalue weighted by molar-refractivity contribution is 0.628. The number of hydrogen-bond donors (Lipinski definition) is 1. The van der Waals surface area contributed by atoms with E-state index in [4.69, 9.17) is 9.97 Å². The van der Waals surface area contributed by atoms with E-state index in [9.17, 15) is 8.60 Å². The Morgan fingerprint density at radius 2 is 1.88 bits per heavy atom. The molecule has 1 unspecified atom stereocenters. The lowest BCUT2D eigenvalue weighted by Crippen LogP contribution is -2.47. The highest BCUT2D eigenvalue weighted by Gasteiger charge is 2.29. The summed E-state index contributed by atoms with van der Waals surface area (Å²) in [5, 5.41) is 11.4. The number of benzene rings is 1. The molecule has 2 aromatic heterocycles. The Morgan fingerprint density at radius 3 is 2.64 bits per heavy atom. The zero-order valence-corrected chi connectivity index (χ0v) is 19.3. The fraction of sp³-hybridized carbons (Fsp3) is 0.364. The number of aryl methyl sites for hydroxylation is 1. The number of fused-ring (bicyclic) bond motifs is 1. The molecule has 3 aromatic rings. The molecule has 1 atom stereocenters. The molecule has 1 N–H and O–H groups in total. The maximum atomic E-state index is 13.7. The van der Waals surface area contributed by atoms with Gasteiger partial charge in [-0.2, -0.15) is 10.1 Å². The van der Waals surface area contributed by atoms with E-state index in [0.29, 0.717) is 34.5 Å². The van der Waals surface area contributed by atoms with Crippen LogP contribution in [0.4, 0.5) is 33.3 Å². The molecule has 172 valence electrons. The standard InChI is InChI=1S/C22H25FN8OS/c1-29(2)21-18(6-8-24-28-21)30-9-11-31(12-10-30)22-26-17-7-13-33(32)19(17)20(27-22)25-16-5-3-4-15(23)14-16/h3-6,8,14H,7,9-13H2,1-2H3,(H,25,26,27). The number of nitrogens with zero attached hydrogens (tertiary/aromatic N) is 7. The number of anilines is 5. The molecule has 4 heterocycles. The predicted molar refractivity (Wildman–Crippen MR) is 127 cm³/mol. The second-order valence-electron chi connectivity index (χ2n) is 8.19. The summed E-state index contributed by atoms with van der Waals surface area (Å²) < 4.78 is 26.3. The van der Waals surface area contributed by atoms with E-state index >= 15 is 0 Å². The third-order valence-corrected chi connectivity index (χ3v) is 7.23. The van der Waals surface area contributed by atoms with E-state index in [1.165, 1.54) is 12.1 Å². The lowest BCUT2D eigenvalue weighted by atomic mass is 10.2. The Morgan fingerprint density at radius 1 is 1.09 bits per heavy atom. The van der Waals surface area contributed by atoms with Gasteiger partial charge in [0.2, 0.25) is 5.95 Å². The molecule has 0 amide bonds. The van der Waals surface area contributed by atoms with Crippen molar-refractivity contribution >= 4 is 39.8 Å². The topological polar surface area (TPSA) is 90.4 Å². The largest absolute Gasteiger partial charge is 0.365 e. The summed E-state index contributed by atoms with van der Waals surface area (Å²) in [5.74, 6) is 2.12. The van der Waals surface area contributed by atoms with Crippen LogP contribution in [-0.2, 0) is 17.2 Å². The minimum Gasteiger partial charge on any atom is -0.365 e. The first-order chi connectivity index (χ1) is 16.0. The molecule has 0 saturated carbocycles. The van der Waals surface area contributed by atoms with Gasteiger partial charge < -0.3 is 20.0 Å². The fourth-order valence-corrected chi connectivity index (χ4v) is 5.45. The van der Waals surface area contributed by atoms with Crippen LogP contribution in [0.2, 0.25) is 0 Å². The average molecular weight is 469 g/mol. The third-order valence-electron chi connectivity index (χ3n) is 5.77. The van der Waals surface area contributed by atoms with Gasteiger partial charge in [-0.3, -0.25) is 4.21 Å². The molecule has 0 bridgehead atoms. The molecule has 2 aliphatic heterocycles. The minimum atomic E-state index is -1.16. The van der Waals surface area contributed by atoms with Crippen molar-refractivity contribution in [3.63, 3.8) is 0 Å². The van der Waals surface area contributed by atoms with Gasteiger partial charge in [0.05, 0.1) is 28.4 Å². The third kappa shape index (κ3) is 4.32. The van der Waals surface area contributed by atoms with Crippen LogP contribution < -0.4 is 20.0 Å². The molecular formula is C22H25FN8OS. The van der Waals surface area contributed by atoms with E-state index < -0.39 is 10.8 Å². The average Bonchev–Trinajstić information content (AvgIpc) is 3.20.